The highest BCUT2D eigenvalue weighted by molar-refractivity contribution is 5.84. The van der Waals surface area contributed by atoms with Crippen molar-refractivity contribution in [3.8, 4) is 0 Å². The predicted octanol–water partition coefficient (Wildman–Crippen LogP) is 3.29. The van der Waals surface area contributed by atoms with E-state index in [1.54, 1.807) is 0 Å². The van der Waals surface area contributed by atoms with Crippen LogP contribution < -0.4 is 5.32 Å². The summed E-state index contributed by atoms with van der Waals surface area (Å²) in [6.07, 6.45) is 9.76. The van der Waals surface area contributed by atoms with Crippen molar-refractivity contribution >= 4 is 5.91 Å². The van der Waals surface area contributed by atoms with Gasteiger partial charge < -0.3 is 4.90 Å². The summed E-state index contributed by atoms with van der Waals surface area (Å²) >= 11 is 0. The molecule has 1 saturated heterocycles. The van der Waals surface area contributed by atoms with Crippen molar-refractivity contribution in [2.45, 2.75) is 84.3 Å². The van der Waals surface area contributed by atoms with Crippen LogP contribution in [0.2, 0.25) is 0 Å². The lowest BCUT2D eigenvalue weighted by molar-refractivity contribution is -0.131. The van der Waals surface area contributed by atoms with Crippen LogP contribution in [-0.4, -0.2) is 29.6 Å². The summed E-state index contributed by atoms with van der Waals surface area (Å²) in [4.78, 5) is 14.7. The predicted molar refractivity (Wildman–Crippen MR) is 78.8 cm³/mol. The van der Waals surface area contributed by atoms with E-state index < -0.39 is 0 Å². The standard InChI is InChI=1S/C16H30N2O/c1-4-7-13-15(19)18(14(17-13)8-5-2)12-16(9-6-3)10-11-16/h13-14,17H,4-12H2,1-3H3. The Balaban J connectivity index is 2.00. The van der Waals surface area contributed by atoms with Crippen LogP contribution in [0.25, 0.3) is 0 Å². The summed E-state index contributed by atoms with van der Waals surface area (Å²) in [7, 11) is 0. The molecule has 1 aliphatic carbocycles. The van der Waals surface area contributed by atoms with Gasteiger partial charge in [0.15, 0.2) is 0 Å². The highest BCUT2D eigenvalue weighted by Crippen LogP contribution is 2.50. The second-order valence-electron chi connectivity index (χ2n) is 6.53. The first-order valence-corrected chi connectivity index (χ1v) is 8.22. The molecule has 0 aromatic carbocycles. The molecule has 1 saturated carbocycles. The van der Waals surface area contributed by atoms with Gasteiger partial charge in [-0.25, -0.2) is 0 Å². The topological polar surface area (TPSA) is 32.3 Å². The minimum Gasteiger partial charge on any atom is -0.325 e. The van der Waals surface area contributed by atoms with Gasteiger partial charge in [0.2, 0.25) is 5.91 Å². The highest BCUT2D eigenvalue weighted by atomic mass is 16.2. The van der Waals surface area contributed by atoms with Crippen LogP contribution in [-0.2, 0) is 4.79 Å². The number of hydrogen-bond donors (Lipinski definition) is 1. The van der Waals surface area contributed by atoms with Crippen molar-refractivity contribution in [2.24, 2.45) is 5.41 Å². The number of nitrogens with one attached hydrogen (secondary N) is 1. The van der Waals surface area contributed by atoms with Crippen molar-refractivity contribution in [1.29, 1.82) is 0 Å². The molecule has 3 nitrogen and oxygen atoms in total. The molecule has 19 heavy (non-hydrogen) atoms. The van der Waals surface area contributed by atoms with Crippen LogP contribution in [0, 0.1) is 5.41 Å². The van der Waals surface area contributed by atoms with Gasteiger partial charge in [-0.1, -0.05) is 40.0 Å². The van der Waals surface area contributed by atoms with Gasteiger partial charge in [-0.15, -0.1) is 0 Å². The maximum Gasteiger partial charge on any atom is 0.241 e. The molecule has 1 aliphatic heterocycles. The third kappa shape index (κ3) is 3.31. The second kappa shape index (κ2) is 6.25. The minimum absolute atomic E-state index is 0.0824. The Morgan fingerprint density at radius 3 is 2.37 bits per heavy atom. The van der Waals surface area contributed by atoms with Crippen LogP contribution in [0.1, 0.15) is 72.1 Å². The summed E-state index contributed by atoms with van der Waals surface area (Å²) in [5.41, 5.74) is 0.471. The Morgan fingerprint density at radius 1 is 1.16 bits per heavy atom. The molecule has 3 heteroatoms. The van der Waals surface area contributed by atoms with E-state index in [2.05, 4.69) is 31.0 Å². The summed E-state index contributed by atoms with van der Waals surface area (Å²) in [5.74, 6) is 0.364. The normalized spacial score (nSPS) is 29.0. The van der Waals surface area contributed by atoms with Crippen molar-refractivity contribution in [2.75, 3.05) is 6.54 Å². The number of carbonyl (C=O) groups excluding carboxylic acids is 1. The molecule has 1 N–H and O–H groups in total. The summed E-state index contributed by atoms with van der Waals surface area (Å²) in [6, 6.07) is 0.0824. The fourth-order valence-electron chi connectivity index (χ4n) is 3.50. The number of hydrogen-bond acceptors (Lipinski definition) is 2. The molecule has 2 atom stereocenters. The van der Waals surface area contributed by atoms with Crippen LogP contribution in [0.4, 0.5) is 0 Å². The maximum atomic E-state index is 12.6. The summed E-state index contributed by atoms with van der Waals surface area (Å²) < 4.78 is 0. The zero-order valence-corrected chi connectivity index (χ0v) is 12.9. The molecule has 0 bridgehead atoms. The van der Waals surface area contributed by atoms with Crippen molar-refractivity contribution in [3.63, 3.8) is 0 Å². The van der Waals surface area contributed by atoms with Crippen molar-refractivity contribution < 1.29 is 4.79 Å². The van der Waals surface area contributed by atoms with Crippen LogP contribution >= 0.6 is 0 Å². The largest absolute Gasteiger partial charge is 0.325 e. The first-order chi connectivity index (χ1) is 9.15. The Kier molecular flexibility index (Phi) is 4.88. The van der Waals surface area contributed by atoms with Crippen LogP contribution in [0.5, 0.6) is 0 Å². The number of carbonyl (C=O) groups is 1. The van der Waals surface area contributed by atoms with Gasteiger partial charge in [-0.2, -0.15) is 0 Å². The van der Waals surface area contributed by atoms with Gasteiger partial charge in [0.1, 0.15) is 0 Å². The molecular formula is C16H30N2O. The number of amides is 1. The van der Waals surface area contributed by atoms with Gasteiger partial charge in [-0.05, 0) is 37.5 Å². The maximum absolute atomic E-state index is 12.6. The molecule has 2 fully saturated rings. The summed E-state index contributed by atoms with van der Waals surface area (Å²) in [5, 5.41) is 3.56. The van der Waals surface area contributed by atoms with E-state index in [0.29, 0.717) is 17.5 Å². The second-order valence-corrected chi connectivity index (χ2v) is 6.53. The molecule has 2 rings (SSSR count). The number of rotatable bonds is 8. The molecule has 1 amide bonds. The first-order valence-electron chi connectivity index (χ1n) is 8.22. The fourth-order valence-corrected chi connectivity index (χ4v) is 3.50. The van der Waals surface area contributed by atoms with E-state index in [1.807, 2.05) is 0 Å². The molecule has 0 spiro atoms. The summed E-state index contributed by atoms with van der Waals surface area (Å²) in [6.45, 7) is 7.62. The molecule has 2 aliphatic rings. The molecule has 110 valence electrons. The average molecular weight is 266 g/mol. The average Bonchev–Trinajstić information content (AvgIpc) is 3.08. The molecule has 0 radical (unpaired) electrons. The van der Waals surface area contributed by atoms with Gasteiger partial charge in [0.05, 0.1) is 12.2 Å². The first kappa shape index (κ1) is 14.8. The van der Waals surface area contributed by atoms with Crippen molar-refractivity contribution in [1.82, 2.24) is 10.2 Å². The van der Waals surface area contributed by atoms with Gasteiger partial charge in [0, 0.05) is 6.54 Å². The zero-order chi connectivity index (χ0) is 13.9. The van der Waals surface area contributed by atoms with E-state index >= 15 is 0 Å². The Bertz CT molecular complexity index is 312. The smallest absolute Gasteiger partial charge is 0.241 e. The minimum atomic E-state index is 0.0824. The molecular weight excluding hydrogens is 236 g/mol. The van der Waals surface area contributed by atoms with Crippen LogP contribution in [0.15, 0.2) is 0 Å². The van der Waals surface area contributed by atoms with E-state index in [1.165, 1.54) is 25.7 Å². The molecule has 2 unspecified atom stereocenters. The van der Waals surface area contributed by atoms with Crippen molar-refractivity contribution in [3.05, 3.63) is 0 Å². The quantitative estimate of drug-likeness (QED) is 0.731. The number of nitrogens with zero attached hydrogens (tertiary/aromatic N) is 1. The fraction of sp³-hybridized carbons (Fsp3) is 0.938. The van der Waals surface area contributed by atoms with E-state index in [9.17, 15) is 4.79 Å². The Morgan fingerprint density at radius 2 is 1.84 bits per heavy atom. The third-order valence-corrected chi connectivity index (χ3v) is 4.73. The lowest BCUT2D eigenvalue weighted by atomic mass is 9.99. The highest BCUT2D eigenvalue weighted by Gasteiger charge is 2.47. The lowest BCUT2D eigenvalue weighted by Crippen LogP contribution is -2.41. The molecule has 0 aromatic rings. The van der Waals surface area contributed by atoms with Gasteiger partial charge in [0.25, 0.3) is 0 Å². The lowest BCUT2D eigenvalue weighted by Gasteiger charge is -2.28. The van der Waals surface area contributed by atoms with E-state index in [-0.39, 0.29) is 6.04 Å². The van der Waals surface area contributed by atoms with Gasteiger partial charge >= 0.3 is 0 Å². The van der Waals surface area contributed by atoms with E-state index in [4.69, 9.17) is 0 Å². The third-order valence-electron chi connectivity index (χ3n) is 4.73. The van der Waals surface area contributed by atoms with E-state index in [0.717, 1.165) is 32.2 Å². The molecule has 1 heterocycles. The molecule has 0 aromatic heterocycles. The SMILES string of the molecule is CCCC1NC(CCC)N(CC2(CCC)CC2)C1=O. The zero-order valence-electron chi connectivity index (χ0n) is 12.9. The Hall–Kier alpha value is -0.570. The Labute approximate surface area is 118 Å². The van der Waals surface area contributed by atoms with Crippen LogP contribution in [0.3, 0.4) is 0 Å². The van der Waals surface area contributed by atoms with Gasteiger partial charge in [-0.3, -0.25) is 10.1 Å². The monoisotopic (exact) mass is 266 g/mol.